The summed E-state index contributed by atoms with van der Waals surface area (Å²) in [6, 6.07) is 17.7. The van der Waals surface area contributed by atoms with Crippen molar-refractivity contribution in [2.24, 2.45) is 10.2 Å². The lowest BCUT2D eigenvalue weighted by molar-refractivity contribution is -0.134. The van der Waals surface area contributed by atoms with E-state index < -0.39 is 10.0 Å². The summed E-state index contributed by atoms with van der Waals surface area (Å²) in [4.78, 5) is 15.3. The Bertz CT molecular complexity index is 1280. The summed E-state index contributed by atoms with van der Waals surface area (Å²) in [5.74, 6) is 0.535. The van der Waals surface area contributed by atoms with Crippen molar-refractivity contribution in [3.63, 3.8) is 0 Å². The number of nitrogens with two attached hydrogens (primary N) is 1. The zero-order chi connectivity index (χ0) is 24.5. The fourth-order valence-corrected chi connectivity index (χ4v) is 4.49. The highest BCUT2D eigenvalue weighted by Crippen LogP contribution is 2.33. The number of benzene rings is 2. The SMILES string of the molecule is Cc1ccc(C2=NN(C(=O)CN(C)[C@H](C)c3ccc(S(N)(=O)=O)cc3)[C@@H](c3ccco3)C2)cc1. The first-order valence-corrected chi connectivity index (χ1v) is 12.5. The summed E-state index contributed by atoms with van der Waals surface area (Å²) in [6.07, 6.45) is 2.16. The molecule has 0 aliphatic carbocycles. The highest BCUT2D eigenvalue weighted by Gasteiger charge is 2.35. The molecule has 0 bridgehead atoms. The number of sulfonamides is 1. The lowest BCUT2D eigenvalue weighted by Gasteiger charge is -2.27. The number of carbonyl (C=O) groups excluding carboxylic acids is 1. The van der Waals surface area contributed by atoms with E-state index in [1.54, 1.807) is 24.5 Å². The Morgan fingerprint density at radius 1 is 1.18 bits per heavy atom. The third kappa shape index (κ3) is 5.11. The Hall–Kier alpha value is -3.27. The predicted octanol–water partition coefficient (Wildman–Crippen LogP) is 3.61. The molecule has 2 atom stereocenters. The molecular formula is C25H28N4O4S. The van der Waals surface area contributed by atoms with E-state index in [-0.39, 0.29) is 29.4 Å². The number of hydrogen-bond acceptors (Lipinski definition) is 6. The van der Waals surface area contributed by atoms with Gasteiger partial charge < -0.3 is 4.42 Å². The van der Waals surface area contributed by atoms with Crippen molar-refractivity contribution in [2.75, 3.05) is 13.6 Å². The second kappa shape index (κ2) is 9.54. The number of likely N-dealkylation sites (N-methyl/N-ethyl adjacent to an activating group) is 1. The van der Waals surface area contributed by atoms with E-state index >= 15 is 0 Å². The van der Waals surface area contributed by atoms with E-state index in [0.717, 1.165) is 22.4 Å². The summed E-state index contributed by atoms with van der Waals surface area (Å²) in [5, 5.41) is 11.4. The van der Waals surface area contributed by atoms with Crippen LogP contribution < -0.4 is 5.14 Å². The molecule has 0 fully saturated rings. The lowest BCUT2D eigenvalue weighted by Crippen LogP contribution is -2.37. The van der Waals surface area contributed by atoms with Gasteiger partial charge in [-0.05, 0) is 56.3 Å². The summed E-state index contributed by atoms with van der Waals surface area (Å²) in [7, 11) is -1.91. The zero-order valence-corrected chi connectivity index (χ0v) is 20.2. The minimum absolute atomic E-state index is 0.0542. The van der Waals surface area contributed by atoms with E-state index in [1.807, 2.05) is 56.1 Å². The maximum atomic E-state index is 13.4. The van der Waals surface area contributed by atoms with Gasteiger partial charge in [0.05, 0.1) is 23.4 Å². The number of rotatable bonds is 7. The van der Waals surface area contributed by atoms with Crippen LogP contribution in [0.1, 0.15) is 47.9 Å². The highest BCUT2D eigenvalue weighted by atomic mass is 32.2. The van der Waals surface area contributed by atoms with E-state index in [1.165, 1.54) is 17.1 Å². The number of carbonyl (C=O) groups is 1. The largest absolute Gasteiger partial charge is 0.467 e. The van der Waals surface area contributed by atoms with E-state index in [0.29, 0.717) is 12.2 Å². The van der Waals surface area contributed by atoms with Gasteiger partial charge in [-0.2, -0.15) is 5.10 Å². The average molecular weight is 481 g/mol. The quantitative estimate of drug-likeness (QED) is 0.556. The van der Waals surface area contributed by atoms with Crippen LogP contribution in [0.3, 0.4) is 0 Å². The molecule has 0 saturated carbocycles. The van der Waals surface area contributed by atoms with E-state index in [2.05, 4.69) is 5.10 Å². The van der Waals surface area contributed by atoms with Crippen molar-refractivity contribution in [1.29, 1.82) is 0 Å². The van der Waals surface area contributed by atoms with Gasteiger partial charge in [-0.3, -0.25) is 9.69 Å². The van der Waals surface area contributed by atoms with Crippen molar-refractivity contribution >= 4 is 21.6 Å². The van der Waals surface area contributed by atoms with Crippen molar-refractivity contribution in [2.45, 2.75) is 37.2 Å². The second-order valence-electron chi connectivity index (χ2n) is 8.59. The molecule has 0 spiro atoms. The third-order valence-corrected chi connectivity index (χ3v) is 7.09. The predicted molar refractivity (Wildman–Crippen MR) is 129 cm³/mol. The third-order valence-electron chi connectivity index (χ3n) is 6.16. The minimum Gasteiger partial charge on any atom is -0.467 e. The monoisotopic (exact) mass is 480 g/mol. The van der Waals surface area contributed by atoms with Crippen LogP contribution in [-0.4, -0.2) is 43.5 Å². The molecule has 0 unspecified atom stereocenters. The number of amides is 1. The number of hydrazone groups is 1. The molecule has 9 heteroatoms. The summed E-state index contributed by atoms with van der Waals surface area (Å²) in [5.41, 5.74) is 3.85. The molecule has 1 aliphatic rings. The molecule has 8 nitrogen and oxygen atoms in total. The maximum absolute atomic E-state index is 13.4. The van der Waals surface area contributed by atoms with Crippen LogP contribution in [-0.2, 0) is 14.8 Å². The van der Waals surface area contributed by atoms with Crippen LogP contribution in [0.5, 0.6) is 0 Å². The topological polar surface area (TPSA) is 109 Å². The molecule has 0 saturated heterocycles. The molecule has 1 amide bonds. The first kappa shape index (κ1) is 23.9. The Morgan fingerprint density at radius 2 is 1.85 bits per heavy atom. The smallest absolute Gasteiger partial charge is 0.257 e. The minimum atomic E-state index is -3.75. The molecule has 1 aliphatic heterocycles. The Labute approximate surface area is 199 Å². The van der Waals surface area contributed by atoms with Crippen molar-refractivity contribution in [1.82, 2.24) is 9.91 Å². The van der Waals surface area contributed by atoms with Gasteiger partial charge in [0.15, 0.2) is 0 Å². The molecule has 178 valence electrons. The summed E-state index contributed by atoms with van der Waals surface area (Å²) < 4.78 is 28.6. The Balaban J connectivity index is 1.52. The maximum Gasteiger partial charge on any atom is 0.257 e. The molecular weight excluding hydrogens is 452 g/mol. The van der Waals surface area contributed by atoms with Crippen LogP contribution >= 0.6 is 0 Å². The van der Waals surface area contributed by atoms with Crippen molar-refractivity contribution in [3.05, 3.63) is 89.4 Å². The molecule has 4 rings (SSSR count). The average Bonchev–Trinajstić information content (AvgIpc) is 3.48. The fourth-order valence-electron chi connectivity index (χ4n) is 3.98. The van der Waals surface area contributed by atoms with Gasteiger partial charge in [0.25, 0.3) is 5.91 Å². The second-order valence-corrected chi connectivity index (χ2v) is 10.2. The van der Waals surface area contributed by atoms with Crippen LogP contribution in [0.25, 0.3) is 0 Å². The van der Waals surface area contributed by atoms with Gasteiger partial charge in [0.1, 0.15) is 11.8 Å². The van der Waals surface area contributed by atoms with Crippen LogP contribution in [0.2, 0.25) is 0 Å². The fraction of sp³-hybridized carbons (Fsp3) is 0.280. The lowest BCUT2D eigenvalue weighted by atomic mass is 10.0. The molecule has 1 aromatic heterocycles. The van der Waals surface area contributed by atoms with Gasteiger partial charge in [-0.1, -0.05) is 42.0 Å². The molecule has 2 N–H and O–H groups in total. The molecule has 34 heavy (non-hydrogen) atoms. The number of furan rings is 1. The first-order valence-electron chi connectivity index (χ1n) is 11.0. The normalized spacial score (nSPS) is 17.1. The van der Waals surface area contributed by atoms with Crippen LogP contribution in [0.4, 0.5) is 0 Å². The number of nitrogens with zero attached hydrogens (tertiary/aromatic N) is 3. The standard InChI is InChI=1S/C25H28N4O4S/c1-17-6-8-20(9-7-17)22-15-23(24-5-4-14-33-24)29(27-22)25(30)16-28(3)18(2)19-10-12-21(13-11-19)34(26,31)32/h4-14,18,23H,15-16H2,1-3H3,(H2,26,31,32)/t18-,23-/m1/s1. The molecule has 2 aromatic carbocycles. The zero-order valence-electron chi connectivity index (χ0n) is 19.4. The Morgan fingerprint density at radius 3 is 2.44 bits per heavy atom. The Kier molecular flexibility index (Phi) is 6.70. The van der Waals surface area contributed by atoms with Crippen LogP contribution in [0.15, 0.2) is 81.3 Å². The van der Waals surface area contributed by atoms with Crippen molar-refractivity contribution in [3.8, 4) is 0 Å². The number of aryl methyl sites for hydroxylation is 1. The highest BCUT2D eigenvalue weighted by molar-refractivity contribution is 7.89. The number of primary sulfonamides is 1. The van der Waals surface area contributed by atoms with E-state index in [4.69, 9.17) is 9.56 Å². The summed E-state index contributed by atoms with van der Waals surface area (Å²) >= 11 is 0. The molecule has 2 heterocycles. The van der Waals surface area contributed by atoms with Gasteiger partial charge in [-0.15, -0.1) is 0 Å². The van der Waals surface area contributed by atoms with Gasteiger partial charge in [0.2, 0.25) is 10.0 Å². The van der Waals surface area contributed by atoms with Crippen molar-refractivity contribution < 1.29 is 17.6 Å². The van der Waals surface area contributed by atoms with Gasteiger partial charge >= 0.3 is 0 Å². The molecule has 3 aromatic rings. The van der Waals surface area contributed by atoms with Gasteiger partial charge in [-0.25, -0.2) is 18.6 Å². The van der Waals surface area contributed by atoms with Crippen LogP contribution in [0, 0.1) is 6.92 Å². The summed E-state index contributed by atoms with van der Waals surface area (Å²) in [6.45, 7) is 4.11. The van der Waals surface area contributed by atoms with E-state index in [9.17, 15) is 13.2 Å². The number of hydrogen-bond donors (Lipinski definition) is 1. The molecule has 0 radical (unpaired) electrons. The first-order chi connectivity index (χ1) is 16.1. The van der Waals surface area contributed by atoms with Gasteiger partial charge in [0, 0.05) is 12.5 Å².